The Kier molecular flexibility index (Phi) is 6.86. The number of nitrogens with zero attached hydrogens (tertiary/aromatic N) is 1. The lowest BCUT2D eigenvalue weighted by Gasteiger charge is -2.20. The van der Waals surface area contributed by atoms with Crippen molar-refractivity contribution in [1.82, 2.24) is 4.31 Å². The summed E-state index contributed by atoms with van der Waals surface area (Å²) in [6, 6.07) is 8.42. The van der Waals surface area contributed by atoms with E-state index in [9.17, 15) is 22.0 Å². The van der Waals surface area contributed by atoms with Crippen molar-refractivity contribution in [3.8, 4) is 5.75 Å². The molecule has 0 spiro atoms. The standard InChI is InChI=1S/C18H20F2N2O4S/c1-3-22(12-18(23)21-17-11-13(19)5-10-16(17)20)27(24,25)15-8-6-14(7-9-15)26-4-2/h5-11H,3-4,12H2,1-2H3,(H,21,23). The zero-order valence-corrected chi connectivity index (χ0v) is 15.7. The Labute approximate surface area is 156 Å². The van der Waals surface area contributed by atoms with Gasteiger partial charge in [0.05, 0.1) is 23.7 Å². The molecule has 2 rings (SSSR count). The highest BCUT2D eigenvalue weighted by Gasteiger charge is 2.25. The molecule has 0 aliphatic rings. The number of nitrogens with one attached hydrogen (secondary N) is 1. The van der Waals surface area contributed by atoms with Crippen molar-refractivity contribution in [1.29, 1.82) is 0 Å². The van der Waals surface area contributed by atoms with E-state index in [1.54, 1.807) is 6.92 Å². The van der Waals surface area contributed by atoms with E-state index in [0.29, 0.717) is 12.4 Å². The summed E-state index contributed by atoms with van der Waals surface area (Å²) >= 11 is 0. The van der Waals surface area contributed by atoms with Gasteiger partial charge in [-0.2, -0.15) is 4.31 Å². The zero-order valence-electron chi connectivity index (χ0n) is 14.9. The summed E-state index contributed by atoms with van der Waals surface area (Å²) < 4.78 is 58.5. The summed E-state index contributed by atoms with van der Waals surface area (Å²) in [6.07, 6.45) is 0. The minimum atomic E-state index is -3.94. The average Bonchev–Trinajstić information content (AvgIpc) is 2.63. The molecule has 1 N–H and O–H groups in total. The largest absolute Gasteiger partial charge is 0.494 e. The molecule has 0 saturated heterocycles. The fourth-order valence-corrected chi connectivity index (χ4v) is 3.74. The summed E-state index contributed by atoms with van der Waals surface area (Å²) in [6.45, 7) is 3.31. The minimum absolute atomic E-state index is 0.00228. The van der Waals surface area contributed by atoms with Crippen LogP contribution in [0.3, 0.4) is 0 Å². The lowest BCUT2D eigenvalue weighted by molar-refractivity contribution is -0.116. The van der Waals surface area contributed by atoms with Crippen molar-refractivity contribution in [3.05, 3.63) is 54.1 Å². The van der Waals surface area contributed by atoms with Crippen molar-refractivity contribution in [2.45, 2.75) is 18.7 Å². The Morgan fingerprint density at radius 1 is 1.11 bits per heavy atom. The van der Waals surface area contributed by atoms with Gasteiger partial charge in [0.1, 0.15) is 17.4 Å². The third-order valence-corrected chi connectivity index (χ3v) is 5.58. The molecule has 146 valence electrons. The van der Waals surface area contributed by atoms with Crippen LogP contribution >= 0.6 is 0 Å². The maximum absolute atomic E-state index is 13.6. The smallest absolute Gasteiger partial charge is 0.243 e. The maximum Gasteiger partial charge on any atom is 0.243 e. The summed E-state index contributed by atoms with van der Waals surface area (Å²) in [5.41, 5.74) is -0.352. The topological polar surface area (TPSA) is 75.7 Å². The fourth-order valence-electron chi connectivity index (χ4n) is 2.33. The number of anilines is 1. The molecule has 27 heavy (non-hydrogen) atoms. The third-order valence-electron chi connectivity index (χ3n) is 3.65. The number of halogens is 2. The molecule has 1 amide bonds. The van der Waals surface area contributed by atoms with Crippen molar-refractivity contribution in [2.24, 2.45) is 0 Å². The van der Waals surface area contributed by atoms with Crippen LogP contribution < -0.4 is 10.1 Å². The molecule has 0 aromatic heterocycles. The first kappa shape index (κ1) is 20.8. The van der Waals surface area contributed by atoms with Gasteiger partial charge < -0.3 is 10.1 Å². The van der Waals surface area contributed by atoms with Crippen molar-refractivity contribution >= 4 is 21.6 Å². The number of hydrogen-bond donors (Lipinski definition) is 1. The Morgan fingerprint density at radius 2 is 1.78 bits per heavy atom. The highest BCUT2D eigenvalue weighted by atomic mass is 32.2. The quantitative estimate of drug-likeness (QED) is 0.742. The Balaban J connectivity index is 2.14. The normalized spacial score (nSPS) is 11.4. The summed E-state index contributed by atoms with van der Waals surface area (Å²) in [5, 5.41) is 2.19. The van der Waals surface area contributed by atoms with E-state index >= 15 is 0 Å². The van der Waals surface area contributed by atoms with Crippen LogP contribution in [0.4, 0.5) is 14.5 Å². The number of carbonyl (C=O) groups is 1. The van der Waals surface area contributed by atoms with E-state index in [1.807, 2.05) is 6.92 Å². The molecular formula is C18H20F2N2O4S. The van der Waals surface area contributed by atoms with Gasteiger partial charge in [-0.05, 0) is 43.3 Å². The lowest BCUT2D eigenvalue weighted by atomic mass is 10.3. The van der Waals surface area contributed by atoms with E-state index < -0.39 is 34.1 Å². The number of likely N-dealkylation sites (N-methyl/N-ethyl adjacent to an activating group) is 1. The molecule has 0 bridgehead atoms. The molecule has 0 aliphatic carbocycles. The number of sulfonamides is 1. The lowest BCUT2D eigenvalue weighted by Crippen LogP contribution is -2.38. The summed E-state index contributed by atoms with van der Waals surface area (Å²) in [5.74, 6) is -1.79. The number of ether oxygens (including phenoxy) is 1. The van der Waals surface area contributed by atoms with E-state index in [1.165, 1.54) is 24.3 Å². The fraction of sp³-hybridized carbons (Fsp3) is 0.278. The van der Waals surface area contributed by atoms with Crippen LogP contribution in [0, 0.1) is 11.6 Å². The van der Waals surface area contributed by atoms with E-state index in [4.69, 9.17) is 4.74 Å². The molecule has 0 atom stereocenters. The molecule has 0 heterocycles. The van der Waals surface area contributed by atoms with Crippen molar-refractivity contribution < 1.29 is 26.7 Å². The predicted molar refractivity (Wildman–Crippen MR) is 97.0 cm³/mol. The molecule has 6 nitrogen and oxygen atoms in total. The first-order chi connectivity index (χ1) is 12.8. The second-order valence-corrected chi connectivity index (χ2v) is 7.45. The van der Waals surface area contributed by atoms with Gasteiger partial charge in [-0.15, -0.1) is 0 Å². The average molecular weight is 398 g/mol. The number of benzene rings is 2. The van der Waals surface area contributed by atoms with Crippen LogP contribution in [0.15, 0.2) is 47.4 Å². The second kappa shape index (κ2) is 8.92. The zero-order chi connectivity index (χ0) is 20.0. The molecule has 0 saturated carbocycles. The van der Waals surface area contributed by atoms with Gasteiger partial charge in [0.2, 0.25) is 15.9 Å². The van der Waals surface area contributed by atoms with Gasteiger partial charge in [0.15, 0.2) is 0 Å². The third kappa shape index (κ3) is 5.24. The number of hydrogen-bond acceptors (Lipinski definition) is 4. The van der Waals surface area contributed by atoms with Gasteiger partial charge in [-0.3, -0.25) is 4.79 Å². The van der Waals surface area contributed by atoms with Crippen LogP contribution in [0.25, 0.3) is 0 Å². The molecule has 9 heteroatoms. The van der Waals surface area contributed by atoms with Gasteiger partial charge in [-0.1, -0.05) is 6.92 Å². The van der Waals surface area contributed by atoms with Crippen LogP contribution in [0.1, 0.15) is 13.8 Å². The van der Waals surface area contributed by atoms with E-state index in [0.717, 1.165) is 22.5 Å². The second-order valence-electron chi connectivity index (χ2n) is 5.51. The highest BCUT2D eigenvalue weighted by molar-refractivity contribution is 7.89. The Hall–Kier alpha value is -2.52. The molecule has 0 fully saturated rings. The summed E-state index contributed by atoms with van der Waals surface area (Å²) in [7, 11) is -3.94. The van der Waals surface area contributed by atoms with Gasteiger partial charge >= 0.3 is 0 Å². The minimum Gasteiger partial charge on any atom is -0.494 e. The van der Waals surface area contributed by atoms with Gasteiger partial charge in [0, 0.05) is 12.6 Å². The molecule has 2 aromatic rings. The molecule has 0 radical (unpaired) electrons. The number of carbonyl (C=O) groups excluding carboxylic acids is 1. The Morgan fingerprint density at radius 3 is 2.37 bits per heavy atom. The number of rotatable bonds is 8. The molecule has 2 aromatic carbocycles. The van der Waals surface area contributed by atoms with Crippen LogP contribution in [0.5, 0.6) is 5.75 Å². The molecular weight excluding hydrogens is 378 g/mol. The predicted octanol–water partition coefficient (Wildman–Crippen LogP) is 3.01. The number of amides is 1. The van der Waals surface area contributed by atoms with Gasteiger partial charge in [-0.25, -0.2) is 17.2 Å². The molecule has 0 aliphatic heterocycles. The van der Waals surface area contributed by atoms with Crippen LogP contribution in [-0.2, 0) is 14.8 Å². The van der Waals surface area contributed by atoms with Crippen molar-refractivity contribution in [3.63, 3.8) is 0 Å². The first-order valence-electron chi connectivity index (χ1n) is 8.25. The first-order valence-corrected chi connectivity index (χ1v) is 9.69. The van der Waals surface area contributed by atoms with E-state index in [2.05, 4.69) is 5.32 Å². The van der Waals surface area contributed by atoms with Crippen LogP contribution in [-0.4, -0.2) is 38.3 Å². The SMILES string of the molecule is CCOc1ccc(S(=O)(=O)N(CC)CC(=O)Nc2cc(F)ccc2F)cc1. The maximum atomic E-state index is 13.6. The Bertz CT molecular complexity index is 902. The van der Waals surface area contributed by atoms with E-state index in [-0.39, 0.29) is 17.1 Å². The summed E-state index contributed by atoms with van der Waals surface area (Å²) in [4.78, 5) is 12.1. The monoisotopic (exact) mass is 398 g/mol. The molecule has 0 unspecified atom stereocenters. The van der Waals surface area contributed by atoms with Crippen molar-refractivity contribution in [2.75, 3.05) is 25.0 Å². The highest BCUT2D eigenvalue weighted by Crippen LogP contribution is 2.20. The van der Waals surface area contributed by atoms with Crippen LogP contribution in [0.2, 0.25) is 0 Å². The van der Waals surface area contributed by atoms with Gasteiger partial charge in [0.25, 0.3) is 0 Å².